The molecule has 2 aromatic carbocycles. The second-order valence-corrected chi connectivity index (χ2v) is 9.28. The Kier molecular flexibility index (Phi) is 7.75. The number of fused-ring (bicyclic) bond motifs is 1. The molecular formula is C27H34ClN3O. The van der Waals surface area contributed by atoms with E-state index in [0.29, 0.717) is 17.3 Å². The average molecular weight is 452 g/mol. The summed E-state index contributed by atoms with van der Waals surface area (Å²) in [5, 5.41) is 4.88. The van der Waals surface area contributed by atoms with Crippen LogP contribution in [0.25, 0.3) is 10.9 Å². The van der Waals surface area contributed by atoms with Crippen LogP contribution in [0.2, 0.25) is 5.02 Å². The number of nitrogens with one attached hydrogen (secondary N) is 2. The van der Waals surface area contributed by atoms with E-state index in [0.717, 1.165) is 61.7 Å². The normalized spacial score (nSPS) is 14.1. The number of aromatic amines is 1. The lowest BCUT2D eigenvalue weighted by Gasteiger charge is -2.28. The zero-order valence-electron chi connectivity index (χ0n) is 19.1. The fourth-order valence-corrected chi connectivity index (χ4v) is 4.83. The molecule has 2 heterocycles. The van der Waals surface area contributed by atoms with Gasteiger partial charge in [0.2, 0.25) is 0 Å². The molecule has 1 saturated heterocycles. The number of piperidine rings is 1. The fraction of sp³-hybridized carbons (Fsp3) is 0.444. The average Bonchev–Trinajstić information content (AvgIpc) is 3.18. The van der Waals surface area contributed by atoms with Crippen LogP contribution in [0.4, 0.5) is 5.69 Å². The quantitative estimate of drug-likeness (QED) is 0.364. The molecule has 0 bridgehead atoms. The molecule has 170 valence electrons. The van der Waals surface area contributed by atoms with Gasteiger partial charge in [-0.05, 0) is 80.0 Å². The minimum absolute atomic E-state index is 0.0336. The summed E-state index contributed by atoms with van der Waals surface area (Å²) in [6, 6.07) is 14.6. The van der Waals surface area contributed by atoms with Gasteiger partial charge in [-0.2, -0.15) is 0 Å². The number of hydrogen-bond donors (Lipinski definition) is 2. The molecule has 0 unspecified atom stereocenters. The van der Waals surface area contributed by atoms with Gasteiger partial charge in [-0.15, -0.1) is 0 Å². The van der Waals surface area contributed by atoms with Crippen molar-refractivity contribution in [1.29, 1.82) is 0 Å². The Labute approximate surface area is 196 Å². The van der Waals surface area contributed by atoms with Crippen molar-refractivity contribution in [3.8, 4) is 0 Å². The minimum Gasteiger partial charge on any atom is -0.372 e. The molecule has 1 amide bonds. The van der Waals surface area contributed by atoms with Crippen molar-refractivity contribution in [2.75, 3.05) is 24.5 Å². The van der Waals surface area contributed by atoms with Crippen LogP contribution in [0.1, 0.15) is 67.1 Å². The van der Waals surface area contributed by atoms with Crippen LogP contribution in [-0.4, -0.2) is 30.5 Å². The predicted molar refractivity (Wildman–Crippen MR) is 135 cm³/mol. The van der Waals surface area contributed by atoms with Gasteiger partial charge in [-0.3, -0.25) is 4.79 Å². The Bertz CT molecular complexity index is 1030. The molecule has 0 aliphatic carbocycles. The van der Waals surface area contributed by atoms with Crippen LogP contribution >= 0.6 is 11.6 Å². The molecule has 1 aromatic heterocycles. The maximum Gasteiger partial charge on any atom is 0.268 e. The molecule has 1 aliphatic rings. The van der Waals surface area contributed by atoms with Crippen LogP contribution in [-0.2, 0) is 12.8 Å². The van der Waals surface area contributed by atoms with Crippen molar-refractivity contribution in [3.63, 3.8) is 0 Å². The smallest absolute Gasteiger partial charge is 0.268 e. The minimum atomic E-state index is -0.0336. The van der Waals surface area contributed by atoms with Gasteiger partial charge in [-0.25, -0.2) is 0 Å². The van der Waals surface area contributed by atoms with Gasteiger partial charge in [0, 0.05) is 41.2 Å². The second-order valence-electron chi connectivity index (χ2n) is 8.85. The standard InChI is InChI=1S/C27H34ClN3O/c1-2-3-5-8-23-24-19-21(28)11-14-25(24)30-26(23)27(32)29-16-15-20-9-12-22(13-10-20)31-17-6-4-7-18-31/h9-14,19,30H,2-8,15-18H2,1H3,(H,29,32). The van der Waals surface area contributed by atoms with Crippen molar-refractivity contribution >= 4 is 34.1 Å². The van der Waals surface area contributed by atoms with Gasteiger partial charge in [0.25, 0.3) is 5.91 Å². The lowest BCUT2D eigenvalue weighted by Crippen LogP contribution is -2.29. The van der Waals surface area contributed by atoms with Crippen molar-refractivity contribution in [3.05, 3.63) is 64.3 Å². The number of benzene rings is 2. The summed E-state index contributed by atoms with van der Waals surface area (Å²) in [4.78, 5) is 18.8. The van der Waals surface area contributed by atoms with E-state index in [1.165, 1.54) is 30.5 Å². The number of halogens is 1. The summed E-state index contributed by atoms with van der Waals surface area (Å²) >= 11 is 6.24. The molecule has 32 heavy (non-hydrogen) atoms. The number of nitrogens with zero attached hydrogens (tertiary/aromatic N) is 1. The fourth-order valence-electron chi connectivity index (χ4n) is 4.66. The van der Waals surface area contributed by atoms with Crippen molar-refractivity contribution < 1.29 is 4.79 Å². The monoisotopic (exact) mass is 451 g/mol. The molecule has 0 spiro atoms. The molecule has 0 saturated carbocycles. The molecular weight excluding hydrogens is 418 g/mol. The number of H-pyrrole nitrogens is 1. The Hall–Kier alpha value is -2.46. The molecule has 4 rings (SSSR count). The van der Waals surface area contributed by atoms with Gasteiger partial charge >= 0.3 is 0 Å². The van der Waals surface area contributed by atoms with E-state index in [1.54, 1.807) is 0 Å². The number of amides is 1. The van der Waals surface area contributed by atoms with E-state index in [-0.39, 0.29) is 5.91 Å². The highest BCUT2D eigenvalue weighted by molar-refractivity contribution is 6.31. The topological polar surface area (TPSA) is 48.1 Å². The molecule has 0 radical (unpaired) electrons. The number of aryl methyl sites for hydroxylation is 1. The SMILES string of the molecule is CCCCCc1c(C(=O)NCCc2ccc(N3CCCCC3)cc2)[nH]c2ccc(Cl)cc12. The highest BCUT2D eigenvalue weighted by Crippen LogP contribution is 2.27. The van der Waals surface area contributed by atoms with E-state index < -0.39 is 0 Å². The summed E-state index contributed by atoms with van der Waals surface area (Å²) in [7, 11) is 0. The van der Waals surface area contributed by atoms with E-state index in [4.69, 9.17) is 11.6 Å². The largest absolute Gasteiger partial charge is 0.372 e. The number of hydrogen-bond acceptors (Lipinski definition) is 2. The maximum absolute atomic E-state index is 13.0. The highest BCUT2D eigenvalue weighted by Gasteiger charge is 2.18. The maximum atomic E-state index is 13.0. The molecule has 2 N–H and O–H groups in total. The lowest BCUT2D eigenvalue weighted by atomic mass is 10.0. The summed E-state index contributed by atoms with van der Waals surface area (Å²) < 4.78 is 0. The number of rotatable bonds is 9. The first-order valence-corrected chi connectivity index (χ1v) is 12.5. The highest BCUT2D eigenvalue weighted by atomic mass is 35.5. The van der Waals surface area contributed by atoms with E-state index in [2.05, 4.69) is 46.4 Å². The van der Waals surface area contributed by atoms with Crippen LogP contribution in [0.15, 0.2) is 42.5 Å². The molecule has 0 atom stereocenters. The third kappa shape index (κ3) is 5.47. The third-order valence-electron chi connectivity index (χ3n) is 6.48. The zero-order valence-corrected chi connectivity index (χ0v) is 19.8. The van der Waals surface area contributed by atoms with Crippen LogP contribution < -0.4 is 10.2 Å². The Morgan fingerprint density at radius 3 is 2.56 bits per heavy atom. The number of carbonyl (C=O) groups is 1. The Morgan fingerprint density at radius 1 is 1.03 bits per heavy atom. The van der Waals surface area contributed by atoms with Gasteiger partial charge in [0.05, 0.1) is 0 Å². The summed E-state index contributed by atoms with van der Waals surface area (Å²) in [5.41, 5.74) is 5.29. The first-order valence-electron chi connectivity index (χ1n) is 12.1. The second kappa shape index (κ2) is 10.9. The van der Waals surface area contributed by atoms with E-state index >= 15 is 0 Å². The zero-order chi connectivity index (χ0) is 22.3. The number of carbonyl (C=O) groups excluding carboxylic acids is 1. The number of anilines is 1. The third-order valence-corrected chi connectivity index (χ3v) is 6.72. The van der Waals surface area contributed by atoms with E-state index in [9.17, 15) is 4.79 Å². The molecule has 5 heteroatoms. The molecule has 1 aliphatic heterocycles. The first kappa shape index (κ1) is 22.7. The van der Waals surface area contributed by atoms with Crippen molar-refractivity contribution in [1.82, 2.24) is 10.3 Å². The van der Waals surface area contributed by atoms with Crippen LogP contribution in [0.5, 0.6) is 0 Å². The van der Waals surface area contributed by atoms with E-state index in [1.807, 2.05) is 18.2 Å². The number of unbranched alkanes of at least 4 members (excludes halogenated alkanes) is 2. The van der Waals surface area contributed by atoms with Crippen LogP contribution in [0.3, 0.4) is 0 Å². The summed E-state index contributed by atoms with van der Waals surface area (Å²) in [6.07, 6.45) is 9.00. The Balaban J connectivity index is 1.38. The number of aromatic nitrogens is 1. The Morgan fingerprint density at radius 2 is 1.81 bits per heavy atom. The van der Waals surface area contributed by atoms with Gasteiger partial charge in [-0.1, -0.05) is 43.5 Å². The molecule has 3 aromatic rings. The van der Waals surface area contributed by atoms with Crippen molar-refractivity contribution in [2.24, 2.45) is 0 Å². The van der Waals surface area contributed by atoms with Crippen LogP contribution in [0, 0.1) is 0 Å². The summed E-state index contributed by atoms with van der Waals surface area (Å²) in [5.74, 6) is -0.0336. The van der Waals surface area contributed by atoms with Gasteiger partial charge in [0.15, 0.2) is 0 Å². The lowest BCUT2D eigenvalue weighted by molar-refractivity contribution is 0.0949. The summed E-state index contributed by atoms with van der Waals surface area (Å²) in [6.45, 7) is 5.13. The molecule has 1 fully saturated rings. The van der Waals surface area contributed by atoms with Crippen molar-refractivity contribution in [2.45, 2.75) is 58.3 Å². The molecule has 4 nitrogen and oxygen atoms in total. The van der Waals surface area contributed by atoms with Gasteiger partial charge < -0.3 is 15.2 Å². The van der Waals surface area contributed by atoms with Gasteiger partial charge in [0.1, 0.15) is 5.69 Å². The first-order chi connectivity index (χ1) is 15.7. The predicted octanol–water partition coefficient (Wildman–Crippen LogP) is 6.52.